The Morgan fingerprint density at radius 3 is 2.53 bits per heavy atom. The lowest BCUT2D eigenvalue weighted by Gasteiger charge is -2.26. The van der Waals surface area contributed by atoms with Crippen molar-refractivity contribution < 1.29 is 13.9 Å². The third-order valence-electron chi connectivity index (χ3n) is 3.41. The predicted octanol–water partition coefficient (Wildman–Crippen LogP) is 3.12. The molecular weight excluding hydrogens is 248 g/mol. The molecule has 0 aliphatic heterocycles. The van der Waals surface area contributed by atoms with E-state index in [-0.39, 0.29) is 5.56 Å². The van der Waals surface area contributed by atoms with Gasteiger partial charge in [0.05, 0.1) is 6.10 Å². The molecule has 0 spiro atoms. The lowest BCUT2D eigenvalue weighted by molar-refractivity contribution is 0.0980. The molecule has 1 unspecified atom stereocenters. The lowest BCUT2D eigenvalue weighted by Crippen LogP contribution is -2.34. The van der Waals surface area contributed by atoms with E-state index in [1.807, 2.05) is 0 Å². The van der Waals surface area contributed by atoms with Gasteiger partial charge in [0.2, 0.25) is 0 Å². The summed E-state index contributed by atoms with van der Waals surface area (Å²) < 4.78 is 26.8. The molecule has 1 aromatic rings. The van der Waals surface area contributed by atoms with Crippen molar-refractivity contribution in [1.82, 2.24) is 4.90 Å². The highest BCUT2D eigenvalue weighted by Crippen LogP contribution is 2.30. The van der Waals surface area contributed by atoms with Crippen LogP contribution in [-0.4, -0.2) is 29.1 Å². The van der Waals surface area contributed by atoms with Gasteiger partial charge in [-0.1, -0.05) is 26.0 Å². The third-order valence-corrected chi connectivity index (χ3v) is 3.41. The summed E-state index contributed by atoms with van der Waals surface area (Å²) in [6.45, 7) is 5.47. The molecule has 1 aliphatic rings. The summed E-state index contributed by atoms with van der Waals surface area (Å²) in [7, 11) is 0. The zero-order valence-corrected chi connectivity index (χ0v) is 11.4. The van der Waals surface area contributed by atoms with Crippen LogP contribution in [0.3, 0.4) is 0 Å². The van der Waals surface area contributed by atoms with Crippen molar-refractivity contribution in [3.63, 3.8) is 0 Å². The molecule has 19 heavy (non-hydrogen) atoms. The molecular formula is C15H21F2NO. The molecule has 0 aromatic heterocycles. The van der Waals surface area contributed by atoms with E-state index in [0.717, 1.165) is 25.5 Å². The molecule has 1 saturated carbocycles. The largest absolute Gasteiger partial charge is 0.387 e. The van der Waals surface area contributed by atoms with Crippen molar-refractivity contribution in [3.8, 4) is 0 Å². The normalized spacial score (nSPS) is 17.2. The fourth-order valence-corrected chi connectivity index (χ4v) is 2.38. The molecule has 0 bridgehead atoms. The molecule has 4 heteroatoms. The van der Waals surface area contributed by atoms with Gasteiger partial charge in [-0.3, -0.25) is 4.90 Å². The number of benzene rings is 1. The number of halogens is 2. The van der Waals surface area contributed by atoms with E-state index in [9.17, 15) is 13.9 Å². The minimum Gasteiger partial charge on any atom is -0.387 e. The van der Waals surface area contributed by atoms with Crippen LogP contribution in [0.5, 0.6) is 0 Å². The zero-order valence-electron chi connectivity index (χ0n) is 11.4. The number of aliphatic hydroxyl groups is 1. The highest BCUT2D eigenvalue weighted by molar-refractivity contribution is 5.21. The molecule has 2 nitrogen and oxygen atoms in total. The summed E-state index contributed by atoms with van der Waals surface area (Å²) >= 11 is 0. The summed E-state index contributed by atoms with van der Waals surface area (Å²) in [4.78, 5) is 2.18. The van der Waals surface area contributed by atoms with Gasteiger partial charge in [0, 0.05) is 24.7 Å². The van der Waals surface area contributed by atoms with Crippen LogP contribution in [0.2, 0.25) is 0 Å². The minimum atomic E-state index is -0.977. The molecule has 106 valence electrons. The van der Waals surface area contributed by atoms with Gasteiger partial charge in [-0.15, -0.1) is 0 Å². The van der Waals surface area contributed by atoms with Gasteiger partial charge < -0.3 is 5.11 Å². The fraction of sp³-hybridized carbons (Fsp3) is 0.600. The number of aliphatic hydroxyl groups excluding tert-OH is 1. The van der Waals surface area contributed by atoms with Gasteiger partial charge >= 0.3 is 0 Å². The van der Waals surface area contributed by atoms with Crippen LogP contribution in [-0.2, 0) is 0 Å². The first-order valence-corrected chi connectivity index (χ1v) is 6.85. The van der Waals surface area contributed by atoms with Crippen molar-refractivity contribution >= 4 is 0 Å². The van der Waals surface area contributed by atoms with Crippen molar-refractivity contribution in [1.29, 1.82) is 0 Å². The first-order valence-electron chi connectivity index (χ1n) is 6.85. The van der Waals surface area contributed by atoms with E-state index in [1.165, 1.54) is 12.1 Å². The molecule has 0 amide bonds. The SMILES string of the molecule is CC(C)CN(CC(O)c1cccc(F)c1F)C1CC1. The maximum atomic E-state index is 13.6. The van der Waals surface area contributed by atoms with Gasteiger partial charge in [-0.25, -0.2) is 8.78 Å². The molecule has 1 aliphatic carbocycles. The van der Waals surface area contributed by atoms with E-state index < -0.39 is 17.7 Å². The van der Waals surface area contributed by atoms with Gasteiger partial charge in [0.1, 0.15) is 0 Å². The van der Waals surface area contributed by atoms with E-state index in [2.05, 4.69) is 18.7 Å². The Morgan fingerprint density at radius 1 is 1.26 bits per heavy atom. The van der Waals surface area contributed by atoms with Gasteiger partial charge in [-0.05, 0) is 24.8 Å². The summed E-state index contributed by atoms with van der Waals surface area (Å²) in [6, 6.07) is 4.44. The van der Waals surface area contributed by atoms with Crippen molar-refractivity contribution in [2.75, 3.05) is 13.1 Å². The molecule has 0 saturated heterocycles. The first kappa shape index (κ1) is 14.4. The highest BCUT2D eigenvalue weighted by atomic mass is 19.2. The molecule has 1 atom stereocenters. The van der Waals surface area contributed by atoms with E-state index >= 15 is 0 Å². The maximum Gasteiger partial charge on any atom is 0.164 e. The third kappa shape index (κ3) is 3.74. The van der Waals surface area contributed by atoms with Crippen molar-refractivity contribution in [2.45, 2.75) is 38.8 Å². The number of hydrogen-bond donors (Lipinski definition) is 1. The molecule has 2 rings (SSSR count). The number of hydrogen-bond acceptors (Lipinski definition) is 2. The van der Waals surface area contributed by atoms with Crippen molar-refractivity contribution in [2.24, 2.45) is 5.92 Å². The van der Waals surface area contributed by atoms with Gasteiger partial charge in [0.15, 0.2) is 11.6 Å². The summed E-state index contributed by atoms with van der Waals surface area (Å²) in [5.74, 6) is -1.35. The van der Waals surface area contributed by atoms with E-state index in [1.54, 1.807) is 0 Å². The fourth-order valence-electron chi connectivity index (χ4n) is 2.38. The van der Waals surface area contributed by atoms with Crippen LogP contribution in [0.15, 0.2) is 18.2 Å². The second kappa shape index (κ2) is 5.97. The van der Waals surface area contributed by atoms with Crippen molar-refractivity contribution in [3.05, 3.63) is 35.4 Å². The second-order valence-electron chi connectivity index (χ2n) is 5.74. The molecule has 1 aromatic carbocycles. The first-order chi connectivity index (χ1) is 8.99. The van der Waals surface area contributed by atoms with Crippen LogP contribution in [0, 0.1) is 17.6 Å². The van der Waals surface area contributed by atoms with Crippen LogP contribution >= 0.6 is 0 Å². The van der Waals surface area contributed by atoms with Crippen LogP contribution in [0.25, 0.3) is 0 Å². The Morgan fingerprint density at radius 2 is 1.95 bits per heavy atom. The number of rotatable bonds is 6. The van der Waals surface area contributed by atoms with Gasteiger partial charge in [0.25, 0.3) is 0 Å². The average Bonchev–Trinajstić information content (AvgIpc) is 3.15. The Kier molecular flexibility index (Phi) is 4.53. The predicted molar refractivity (Wildman–Crippen MR) is 70.8 cm³/mol. The smallest absolute Gasteiger partial charge is 0.164 e. The monoisotopic (exact) mass is 269 g/mol. The minimum absolute atomic E-state index is 0.0504. The Bertz CT molecular complexity index is 432. The van der Waals surface area contributed by atoms with E-state index in [4.69, 9.17) is 0 Å². The topological polar surface area (TPSA) is 23.5 Å². The quantitative estimate of drug-likeness (QED) is 0.857. The average molecular weight is 269 g/mol. The Balaban J connectivity index is 2.06. The standard InChI is InChI=1S/C15H21F2NO/c1-10(2)8-18(11-6-7-11)9-14(19)12-4-3-5-13(16)15(12)17/h3-5,10-11,14,19H,6-9H2,1-2H3. The van der Waals surface area contributed by atoms with Crippen LogP contribution in [0.1, 0.15) is 38.4 Å². The summed E-state index contributed by atoms with van der Waals surface area (Å²) in [5.41, 5.74) is 0.0504. The van der Waals surface area contributed by atoms with E-state index in [0.29, 0.717) is 18.5 Å². The maximum absolute atomic E-state index is 13.6. The summed E-state index contributed by atoms with van der Waals surface area (Å²) in [6.07, 6.45) is 1.28. The molecule has 1 N–H and O–H groups in total. The van der Waals surface area contributed by atoms with Crippen LogP contribution in [0.4, 0.5) is 8.78 Å². The molecule has 1 fully saturated rings. The lowest BCUT2D eigenvalue weighted by atomic mass is 10.1. The summed E-state index contributed by atoms with van der Waals surface area (Å²) in [5, 5.41) is 10.1. The zero-order chi connectivity index (χ0) is 14.0. The second-order valence-corrected chi connectivity index (χ2v) is 5.74. The highest BCUT2D eigenvalue weighted by Gasteiger charge is 2.31. The Labute approximate surface area is 113 Å². The Hall–Kier alpha value is -1.00. The van der Waals surface area contributed by atoms with Crippen LogP contribution < -0.4 is 0 Å². The molecule has 0 heterocycles. The van der Waals surface area contributed by atoms with Gasteiger partial charge in [-0.2, -0.15) is 0 Å². The number of nitrogens with zero attached hydrogens (tertiary/aromatic N) is 1. The molecule has 0 radical (unpaired) electrons.